The van der Waals surface area contributed by atoms with Gasteiger partial charge in [-0.05, 0) is 37.0 Å². The van der Waals surface area contributed by atoms with Crippen molar-refractivity contribution < 1.29 is 22.7 Å². The number of methoxy groups -OCH3 is 1. The number of hydrogen-bond donors (Lipinski definition) is 1. The van der Waals surface area contributed by atoms with Crippen molar-refractivity contribution in [2.24, 2.45) is 5.92 Å². The first-order chi connectivity index (χ1) is 14.9. The van der Waals surface area contributed by atoms with Crippen molar-refractivity contribution in [2.75, 3.05) is 46.4 Å². The highest BCUT2D eigenvalue weighted by molar-refractivity contribution is 7.89. The summed E-state index contributed by atoms with van der Waals surface area (Å²) in [7, 11) is -1.86. The van der Waals surface area contributed by atoms with Gasteiger partial charge in [0.05, 0.1) is 17.4 Å². The van der Waals surface area contributed by atoms with Crippen molar-refractivity contribution in [2.45, 2.75) is 43.4 Å². The van der Waals surface area contributed by atoms with Crippen molar-refractivity contribution in [3.63, 3.8) is 0 Å². The number of nitrogens with zero attached hydrogens (tertiary/aromatic N) is 2. The maximum atomic E-state index is 12.9. The Kier molecular flexibility index (Phi) is 8.45. The first kappa shape index (κ1) is 23.7. The van der Waals surface area contributed by atoms with Crippen molar-refractivity contribution in [1.82, 2.24) is 14.5 Å². The Balaban J connectivity index is 1.47. The highest BCUT2D eigenvalue weighted by Gasteiger charge is 2.33. The number of nitrogens with one attached hydrogen (secondary N) is 1. The number of carbonyl (C=O) groups is 2. The molecule has 172 valence electrons. The third-order valence-corrected chi connectivity index (χ3v) is 7.90. The van der Waals surface area contributed by atoms with E-state index in [4.69, 9.17) is 4.74 Å². The van der Waals surface area contributed by atoms with E-state index in [0.717, 1.165) is 31.2 Å². The molecule has 0 aromatic heterocycles. The lowest BCUT2D eigenvalue weighted by Gasteiger charge is -2.20. The van der Waals surface area contributed by atoms with Gasteiger partial charge in [0.2, 0.25) is 21.8 Å². The fourth-order valence-electron chi connectivity index (χ4n) is 4.10. The van der Waals surface area contributed by atoms with Gasteiger partial charge in [-0.2, -0.15) is 4.31 Å². The van der Waals surface area contributed by atoms with Crippen LogP contribution in [0, 0.1) is 5.92 Å². The molecule has 9 heteroatoms. The fourth-order valence-corrected chi connectivity index (χ4v) is 5.62. The molecule has 1 aromatic carbocycles. The number of amides is 2. The molecule has 0 spiro atoms. The van der Waals surface area contributed by atoms with Crippen LogP contribution in [0.4, 0.5) is 0 Å². The van der Waals surface area contributed by atoms with E-state index in [1.54, 1.807) is 28.4 Å². The summed E-state index contributed by atoms with van der Waals surface area (Å²) in [6.45, 7) is 3.01. The molecule has 1 N–H and O–H groups in total. The van der Waals surface area contributed by atoms with E-state index in [0.29, 0.717) is 50.6 Å². The highest BCUT2D eigenvalue weighted by atomic mass is 32.2. The quantitative estimate of drug-likeness (QED) is 0.612. The fraction of sp³-hybridized carbons (Fsp3) is 0.636. The van der Waals surface area contributed by atoms with Crippen LogP contribution in [0.2, 0.25) is 0 Å². The average Bonchev–Trinajstić information content (AvgIpc) is 2.95. The largest absolute Gasteiger partial charge is 0.383 e. The maximum Gasteiger partial charge on any atom is 0.243 e. The van der Waals surface area contributed by atoms with Gasteiger partial charge in [-0.15, -0.1) is 0 Å². The summed E-state index contributed by atoms with van der Waals surface area (Å²) in [6.07, 6.45) is 4.82. The topological polar surface area (TPSA) is 96.0 Å². The van der Waals surface area contributed by atoms with Crippen molar-refractivity contribution in [3.05, 3.63) is 29.8 Å². The Morgan fingerprint density at radius 2 is 1.81 bits per heavy atom. The third-order valence-electron chi connectivity index (χ3n) is 5.99. The molecule has 2 heterocycles. The molecule has 2 aliphatic rings. The van der Waals surface area contributed by atoms with Crippen molar-refractivity contribution in [3.8, 4) is 0 Å². The molecule has 1 atom stereocenters. The summed E-state index contributed by atoms with van der Waals surface area (Å²) in [4.78, 5) is 26.3. The monoisotopic (exact) mass is 451 g/mol. The molecular weight excluding hydrogens is 418 g/mol. The number of hydrogen-bond acceptors (Lipinski definition) is 5. The normalized spacial score (nSPS) is 20.6. The molecule has 8 nitrogen and oxygen atoms in total. The summed E-state index contributed by atoms with van der Waals surface area (Å²) >= 11 is 0. The molecule has 0 bridgehead atoms. The number of likely N-dealkylation sites (tertiary alicyclic amines) is 1. The van der Waals surface area contributed by atoms with Crippen LogP contribution in [0.5, 0.6) is 0 Å². The zero-order valence-electron chi connectivity index (χ0n) is 18.2. The molecule has 31 heavy (non-hydrogen) atoms. The van der Waals surface area contributed by atoms with E-state index in [9.17, 15) is 18.0 Å². The van der Waals surface area contributed by atoms with Crippen LogP contribution in [0.15, 0.2) is 29.2 Å². The molecule has 0 saturated carbocycles. The van der Waals surface area contributed by atoms with E-state index in [-0.39, 0.29) is 24.2 Å². The van der Waals surface area contributed by atoms with E-state index >= 15 is 0 Å². The Hall–Kier alpha value is -1.97. The van der Waals surface area contributed by atoms with Crippen LogP contribution >= 0.6 is 0 Å². The number of ether oxygens (including phenoxy) is 1. The van der Waals surface area contributed by atoms with Gasteiger partial charge in [0.15, 0.2) is 0 Å². The minimum Gasteiger partial charge on any atom is -0.383 e. The summed E-state index contributed by atoms with van der Waals surface area (Å²) in [5.74, 6) is -0.461. The molecule has 1 unspecified atom stereocenters. The first-order valence-corrected chi connectivity index (χ1v) is 12.5. The predicted octanol–water partition coefficient (Wildman–Crippen LogP) is 1.40. The van der Waals surface area contributed by atoms with Crippen LogP contribution in [0.25, 0.3) is 0 Å². The lowest BCUT2D eigenvalue weighted by atomic mass is 10.1. The minimum atomic E-state index is -3.45. The third kappa shape index (κ3) is 6.27. The van der Waals surface area contributed by atoms with E-state index in [1.165, 1.54) is 0 Å². The molecule has 1 aromatic rings. The Labute approximate surface area is 185 Å². The lowest BCUT2D eigenvalue weighted by Crippen LogP contribution is -2.34. The molecular formula is C22H33N3O5S. The van der Waals surface area contributed by atoms with Crippen LogP contribution in [0.3, 0.4) is 0 Å². The Morgan fingerprint density at radius 3 is 2.45 bits per heavy atom. The second-order valence-corrected chi connectivity index (χ2v) is 10.2. The summed E-state index contributed by atoms with van der Waals surface area (Å²) in [5, 5.41) is 2.90. The second-order valence-electron chi connectivity index (χ2n) is 8.24. The van der Waals surface area contributed by atoms with E-state index < -0.39 is 10.0 Å². The maximum absolute atomic E-state index is 12.9. The van der Waals surface area contributed by atoms with Gasteiger partial charge < -0.3 is 15.0 Å². The first-order valence-electron chi connectivity index (χ1n) is 11.1. The molecule has 2 saturated heterocycles. The van der Waals surface area contributed by atoms with Gasteiger partial charge >= 0.3 is 0 Å². The zero-order chi connectivity index (χ0) is 22.3. The standard InChI is InChI=1S/C22H33N3O5S/c1-30-15-14-24-17-19(16-21(24)26)22(27)23-11-10-18-6-8-20(9-7-18)31(28,29)25-12-4-2-3-5-13-25/h6-9,19H,2-5,10-17H2,1H3,(H,23,27). The SMILES string of the molecule is COCCN1CC(C(=O)NCCc2ccc(S(=O)(=O)N3CCCCCC3)cc2)CC1=O. The van der Waals surface area contributed by atoms with Gasteiger partial charge in [-0.25, -0.2) is 8.42 Å². The summed E-state index contributed by atoms with van der Waals surface area (Å²) in [5.41, 5.74) is 0.958. The van der Waals surface area contributed by atoms with Crippen molar-refractivity contribution in [1.29, 1.82) is 0 Å². The van der Waals surface area contributed by atoms with Crippen LogP contribution in [0.1, 0.15) is 37.7 Å². The Morgan fingerprint density at radius 1 is 1.13 bits per heavy atom. The van der Waals surface area contributed by atoms with Crippen LogP contribution in [-0.2, 0) is 30.8 Å². The van der Waals surface area contributed by atoms with E-state index in [1.807, 2.05) is 12.1 Å². The van der Waals surface area contributed by atoms with Crippen LogP contribution in [-0.4, -0.2) is 75.9 Å². The molecule has 2 fully saturated rings. The Bertz CT molecular complexity index is 848. The van der Waals surface area contributed by atoms with Gasteiger partial charge in [-0.3, -0.25) is 9.59 Å². The highest BCUT2D eigenvalue weighted by Crippen LogP contribution is 2.21. The van der Waals surface area contributed by atoms with Crippen LogP contribution < -0.4 is 5.32 Å². The van der Waals surface area contributed by atoms with Gasteiger partial charge in [0.1, 0.15) is 0 Å². The minimum absolute atomic E-state index is 0.0154. The van der Waals surface area contributed by atoms with Gasteiger partial charge in [0, 0.05) is 46.3 Å². The number of rotatable bonds is 9. The zero-order valence-corrected chi connectivity index (χ0v) is 19.0. The predicted molar refractivity (Wildman–Crippen MR) is 117 cm³/mol. The molecule has 0 aliphatic carbocycles. The van der Waals surface area contributed by atoms with Crippen molar-refractivity contribution >= 4 is 21.8 Å². The number of benzene rings is 1. The molecule has 2 amide bonds. The van der Waals surface area contributed by atoms with Gasteiger partial charge in [0.25, 0.3) is 0 Å². The number of sulfonamides is 1. The summed E-state index contributed by atoms with van der Waals surface area (Å²) in [6, 6.07) is 6.92. The molecule has 0 radical (unpaired) electrons. The van der Waals surface area contributed by atoms with E-state index in [2.05, 4.69) is 5.32 Å². The molecule has 2 aliphatic heterocycles. The lowest BCUT2D eigenvalue weighted by molar-refractivity contribution is -0.129. The summed E-state index contributed by atoms with van der Waals surface area (Å²) < 4.78 is 32.3. The number of carbonyl (C=O) groups excluding carboxylic acids is 2. The molecule has 3 rings (SSSR count). The second kappa shape index (κ2) is 11.1. The smallest absolute Gasteiger partial charge is 0.243 e. The van der Waals surface area contributed by atoms with Gasteiger partial charge in [-0.1, -0.05) is 25.0 Å². The average molecular weight is 452 g/mol.